The molecule has 32 heavy (non-hydrogen) atoms. The molecule has 1 saturated heterocycles. The van der Waals surface area contributed by atoms with Gasteiger partial charge in [-0.2, -0.15) is 0 Å². The van der Waals surface area contributed by atoms with Gasteiger partial charge in [0.1, 0.15) is 4.90 Å². The maximum Gasteiger partial charge on any atom is 0.265 e. The first-order valence-electron chi connectivity index (χ1n) is 10.2. The molecule has 1 fully saturated rings. The van der Waals surface area contributed by atoms with E-state index in [1.54, 1.807) is 34.5 Å². The smallest absolute Gasteiger partial charge is 0.265 e. The number of anilines is 2. The topological polar surface area (TPSA) is 101 Å². The summed E-state index contributed by atoms with van der Waals surface area (Å²) in [5, 5.41) is 5.13. The first-order chi connectivity index (χ1) is 15.5. The Kier molecular flexibility index (Phi) is 7.03. The predicted molar refractivity (Wildman–Crippen MR) is 124 cm³/mol. The van der Waals surface area contributed by atoms with Gasteiger partial charge in [0.2, 0.25) is 5.91 Å². The zero-order valence-electron chi connectivity index (χ0n) is 17.4. The summed E-state index contributed by atoms with van der Waals surface area (Å²) in [4.78, 5) is 18.6. The molecule has 2 N–H and O–H groups in total. The van der Waals surface area contributed by atoms with Crippen molar-refractivity contribution in [2.45, 2.75) is 17.9 Å². The number of para-hydroxylation sites is 1. The molecule has 4 rings (SSSR count). The van der Waals surface area contributed by atoms with Crippen molar-refractivity contribution in [1.29, 1.82) is 0 Å². The summed E-state index contributed by atoms with van der Waals surface area (Å²) in [6.07, 6.45) is 0.132. The number of rotatable bonds is 8. The van der Waals surface area contributed by atoms with Crippen molar-refractivity contribution in [3.63, 3.8) is 0 Å². The van der Waals surface area contributed by atoms with Crippen LogP contribution in [0.25, 0.3) is 0 Å². The van der Waals surface area contributed by atoms with Gasteiger partial charge in [-0.1, -0.05) is 42.5 Å². The number of benzene rings is 2. The fraction of sp³-hybridized carbons (Fsp3) is 0.273. The fourth-order valence-electron chi connectivity index (χ4n) is 3.32. The molecule has 1 aliphatic rings. The van der Waals surface area contributed by atoms with Crippen molar-refractivity contribution in [1.82, 2.24) is 9.88 Å². The molecule has 0 saturated carbocycles. The molecule has 8 nitrogen and oxygen atoms in total. The number of carbonyl (C=O) groups excluding carboxylic acids is 1. The third-order valence-electron chi connectivity index (χ3n) is 4.97. The number of sulfonamides is 1. The third kappa shape index (κ3) is 5.64. The maximum atomic E-state index is 13.0. The summed E-state index contributed by atoms with van der Waals surface area (Å²) in [6.45, 7) is 2.69. The van der Waals surface area contributed by atoms with E-state index in [2.05, 4.69) is 15.0 Å². The molecule has 0 bridgehead atoms. The molecule has 1 aromatic heterocycles. The average Bonchev–Trinajstić information content (AvgIpc) is 3.25. The molecule has 0 radical (unpaired) electrons. The van der Waals surface area contributed by atoms with Crippen LogP contribution >= 0.6 is 11.3 Å². The molecular formula is C22H24N4O4S2. The lowest BCUT2D eigenvalue weighted by Crippen LogP contribution is -2.41. The lowest BCUT2D eigenvalue weighted by molar-refractivity contribution is -0.134. The van der Waals surface area contributed by atoms with E-state index in [0.29, 0.717) is 44.2 Å². The van der Waals surface area contributed by atoms with Gasteiger partial charge in [0.05, 0.1) is 31.0 Å². The van der Waals surface area contributed by atoms with Gasteiger partial charge in [-0.3, -0.25) is 9.52 Å². The van der Waals surface area contributed by atoms with Gasteiger partial charge in [-0.15, -0.1) is 11.3 Å². The summed E-state index contributed by atoms with van der Waals surface area (Å²) < 4.78 is 33.9. The highest BCUT2D eigenvalue weighted by molar-refractivity contribution is 7.93. The van der Waals surface area contributed by atoms with Gasteiger partial charge in [0.15, 0.2) is 5.13 Å². The Labute approximate surface area is 191 Å². The molecule has 2 aromatic carbocycles. The van der Waals surface area contributed by atoms with Crippen LogP contribution in [0.4, 0.5) is 10.8 Å². The number of nitrogens with zero attached hydrogens (tertiary/aromatic N) is 2. The van der Waals surface area contributed by atoms with E-state index in [1.165, 1.54) is 0 Å². The first kappa shape index (κ1) is 22.3. The largest absolute Gasteiger partial charge is 0.380 e. The Balaban J connectivity index is 1.43. The lowest BCUT2D eigenvalue weighted by atomic mass is 10.2. The number of thiazole rings is 1. The molecule has 0 atom stereocenters. The molecule has 3 aromatic rings. The van der Waals surface area contributed by atoms with Gasteiger partial charge >= 0.3 is 0 Å². The van der Waals surface area contributed by atoms with Crippen LogP contribution in [0.1, 0.15) is 11.3 Å². The molecule has 10 heteroatoms. The Hall–Kier alpha value is -2.95. The quantitative estimate of drug-likeness (QED) is 0.523. The van der Waals surface area contributed by atoms with Crippen LogP contribution in [-0.2, 0) is 32.5 Å². The molecular weight excluding hydrogens is 448 g/mol. The van der Waals surface area contributed by atoms with Gasteiger partial charge in [-0.05, 0) is 17.7 Å². The third-order valence-corrected chi connectivity index (χ3v) is 7.30. The number of amides is 1. The average molecular weight is 473 g/mol. The molecule has 0 spiro atoms. The summed E-state index contributed by atoms with van der Waals surface area (Å²) in [6, 6.07) is 16.5. The van der Waals surface area contributed by atoms with Crippen LogP contribution in [0, 0.1) is 0 Å². The van der Waals surface area contributed by atoms with E-state index >= 15 is 0 Å². The van der Waals surface area contributed by atoms with Crippen molar-refractivity contribution < 1.29 is 17.9 Å². The second-order valence-electron chi connectivity index (χ2n) is 7.25. The van der Waals surface area contributed by atoms with Crippen molar-refractivity contribution in [3.05, 3.63) is 71.2 Å². The number of aromatic nitrogens is 1. The van der Waals surface area contributed by atoms with Gasteiger partial charge in [0, 0.05) is 25.0 Å². The number of nitrogens with one attached hydrogen (secondary N) is 2. The molecule has 0 aliphatic carbocycles. The van der Waals surface area contributed by atoms with Crippen LogP contribution < -0.4 is 10.0 Å². The van der Waals surface area contributed by atoms with E-state index in [1.807, 2.05) is 30.3 Å². The first-order valence-corrected chi connectivity index (χ1v) is 12.6. The Morgan fingerprint density at radius 3 is 2.56 bits per heavy atom. The monoisotopic (exact) mass is 472 g/mol. The number of hydrogen-bond donors (Lipinski definition) is 2. The zero-order valence-corrected chi connectivity index (χ0v) is 19.0. The standard InChI is InChI=1S/C22H24N4O4S2/c27-21(26-10-12-30-13-11-26)14-18-16-31-22(24-18)25-32(28,29)20-9-5-4-8-19(20)23-15-17-6-2-1-3-7-17/h1-9,16,23H,10-15H2,(H,24,25). The number of carbonyl (C=O) groups is 1. The van der Waals surface area contributed by atoms with Crippen molar-refractivity contribution in [3.8, 4) is 0 Å². The van der Waals surface area contributed by atoms with Crippen LogP contribution in [0.3, 0.4) is 0 Å². The van der Waals surface area contributed by atoms with E-state index in [0.717, 1.165) is 16.9 Å². The second kappa shape index (κ2) is 10.1. The Morgan fingerprint density at radius 1 is 1.06 bits per heavy atom. The summed E-state index contributed by atoms with van der Waals surface area (Å²) in [7, 11) is -3.86. The fourth-order valence-corrected chi connectivity index (χ4v) is 5.47. The van der Waals surface area contributed by atoms with Crippen LogP contribution in [0.15, 0.2) is 64.9 Å². The van der Waals surface area contributed by atoms with E-state index in [4.69, 9.17) is 4.74 Å². The van der Waals surface area contributed by atoms with E-state index in [-0.39, 0.29) is 22.4 Å². The van der Waals surface area contributed by atoms with Crippen LogP contribution in [0.5, 0.6) is 0 Å². The minimum atomic E-state index is -3.86. The van der Waals surface area contributed by atoms with E-state index in [9.17, 15) is 13.2 Å². The maximum absolute atomic E-state index is 13.0. The zero-order chi connectivity index (χ0) is 22.4. The van der Waals surface area contributed by atoms with Crippen LogP contribution in [0.2, 0.25) is 0 Å². The Bertz CT molecular complexity index is 1160. The second-order valence-corrected chi connectivity index (χ2v) is 9.76. The lowest BCUT2D eigenvalue weighted by Gasteiger charge is -2.26. The molecule has 1 aliphatic heterocycles. The molecule has 2 heterocycles. The number of ether oxygens (including phenoxy) is 1. The van der Waals surface area contributed by atoms with Crippen molar-refractivity contribution in [2.24, 2.45) is 0 Å². The summed E-state index contributed by atoms with van der Waals surface area (Å²) in [5.41, 5.74) is 2.09. The van der Waals surface area contributed by atoms with Crippen molar-refractivity contribution >= 4 is 38.1 Å². The highest BCUT2D eigenvalue weighted by Gasteiger charge is 2.22. The Morgan fingerprint density at radius 2 is 1.78 bits per heavy atom. The summed E-state index contributed by atoms with van der Waals surface area (Å²) >= 11 is 1.16. The highest BCUT2D eigenvalue weighted by atomic mass is 32.2. The molecule has 1 amide bonds. The predicted octanol–water partition coefficient (Wildman–Crippen LogP) is 2.96. The van der Waals surface area contributed by atoms with Crippen LogP contribution in [-0.4, -0.2) is 50.5 Å². The van der Waals surface area contributed by atoms with Gasteiger partial charge < -0.3 is 15.0 Å². The number of morpholine rings is 1. The molecule has 0 unspecified atom stereocenters. The number of hydrogen-bond acceptors (Lipinski definition) is 7. The highest BCUT2D eigenvalue weighted by Crippen LogP contribution is 2.26. The minimum absolute atomic E-state index is 0.0385. The normalized spacial score (nSPS) is 14.2. The minimum Gasteiger partial charge on any atom is -0.380 e. The van der Waals surface area contributed by atoms with Crippen molar-refractivity contribution in [2.75, 3.05) is 36.3 Å². The molecule has 168 valence electrons. The summed E-state index contributed by atoms with van der Waals surface area (Å²) in [5.74, 6) is -0.0385. The van der Waals surface area contributed by atoms with Gasteiger partial charge in [-0.25, -0.2) is 13.4 Å². The van der Waals surface area contributed by atoms with Gasteiger partial charge in [0.25, 0.3) is 10.0 Å². The SMILES string of the molecule is O=C(Cc1csc(NS(=O)(=O)c2ccccc2NCc2ccccc2)n1)N1CCOCC1. The van der Waals surface area contributed by atoms with E-state index < -0.39 is 10.0 Å².